The second-order valence-corrected chi connectivity index (χ2v) is 9.55. The van der Waals surface area contributed by atoms with Crippen molar-refractivity contribution < 1.29 is 27.8 Å². The standard InChI is InChI=1S/C29H23F3N6O3/c1-28(17-39,15-21-16-33-24-8-3-2-7-22(21)24)34-27(40)23-14-19(11-12-25(23)41-29(30,31)32)10-9-18-5-4-6-20(13-18)26-35-37-38-36-26/h2-8,11-14,16,33,39H,15,17H2,1H3,(H,34,40)(H,35,36,37,38). The third kappa shape index (κ3) is 6.54. The van der Waals surface area contributed by atoms with Gasteiger partial charge in [-0.25, -0.2) is 5.10 Å². The molecule has 0 radical (unpaired) electrons. The van der Waals surface area contributed by atoms with Crippen molar-refractivity contribution in [3.63, 3.8) is 0 Å². The van der Waals surface area contributed by atoms with Crippen LogP contribution in [0.3, 0.4) is 0 Å². The van der Waals surface area contributed by atoms with Gasteiger partial charge in [0.2, 0.25) is 0 Å². The van der Waals surface area contributed by atoms with Crippen molar-refractivity contribution in [2.24, 2.45) is 0 Å². The fourth-order valence-corrected chi connectivity index (χ4v) is 4.35. The number of aromatic nitrogens is 5. The number of nitrogens with zero attached hydrogens (tertiary/aromatic N) is 3. The van der Waals surface area contributed by atoms with Gasteiger partial charge in [-0.15, -0.1) is 18.3 Å². The summed E-state index contributed by atoms with van der Waals surface area (Å²) in [4.78, 5) is 16.5. The summed E-state index contributed by atoms with van der Waals surface area (Å²) in [6, 6.07) is 18.1. The fourth-order valence-electron chi connectivity index (χ4n) is 4.35. The Morgan fingerprint density at radius 1 is 1.05 bits per heavy atom. The monoisotopic (exact) mass is 560 g/mol. The van der Waals surface area contributed by atoms with Crippen molar-refractivity contribution in [1.29, 1.82) is 0 Å². The molecule has 0 saturated carbocycles. The van der Waals surface area contributed by atoms with E-state index in [1.807, 2.05) is 24.3 Å². The summed E-state index contributed by atoms with van der Waals surface area (Å²) in [6.45, 7) is 1.14. The molecular weight excluding hydrogens is 537 g/mol. The lowest BCUT2D eigenvalue weighted by molar-refractivity contribution is -0.274. The van der Waals surface area contributed by atoms with E-state index in [9.17, 15) is 23.1 Å². The second kappa shape index (κ2) is 11.1. The first-order chi connectivity index (χ1) is 19.6. The highest BCUT2D eigenvalue weighted by atomic mass is 19.4. The second-order valence-electron chi connectivity index (χ2n) is 9.55. The van der Waals surface area contributed by atoms with E-state index in [0.29, 0.717) is 17.0 Å². The number of ether oxygens (including phenoxy) is 1. The number of rotatable bonds is 7. The van der Waals surface area contributed by atoms with Crippen molar-refractivity contribution in [3.05, 3.63) is 95.2 Å². The number of aliphatic hydroxyl groups is 1. The quantitative estimate of drug-likeness (QED) is 0.219. The van der Waals surface area contributed by atoms with Crippen LogP contribution in [0.1, 0.15) is 34.0 Å². The third-order valence-electron chi connectivity index (χ3n) is 6.30. The molecule has 2 heterocycles. The first kappa shape index (κ1) is 27.4. The summed E-state index contributed by atoms with van der Waals surface area (Å²) in [5.74, 6) is 4.70. The molecule has 3 aromatic carbocycles. The Kier molecular flexibility index (Phi) is 7.45. The van der Waals surface area contributed by atoms with Crippen LogP contribution in [-0.2, 0) is 6.42 Å². The van der Waals surface area contributed by atoms with Gasteiger partial charge in [0.1, 0.15) is 5.75 Å². The Labute approximate surface area is 231 Å². The number of hydrogen-bond acceptors (Lipinski definition) is 6. The molecule has 0 saturated heterocycles. The van der Waals surface area contributed by atoms with Gasteiger partial charge in [0.25, 0.3) is 5.91 Å². The average Bonchev–Trinajstić information content (AvgIpc) is 3.63. The zero-order valence-corrected chi connectivity index (χ0v) is 21.6. The maximum absolute atomic E-state index is 13.4. The number of para-hydroxylation sites is 1. The molecule has 1 atom stereocenters. The van der Waals surface area contributed by atoms with Gasteiger partial charge >= 0.3 is 6.36 Å². The zero-order chi connectivity index (χ0) is 29.0. The van der Waals surface area contributed by atoms with Gasteiger partial charge in [0.15, 0.2) is 5.82 Å². The van der Waals surface area contributed by atoms with Crippen molar-refractivity contribution in [1.82, 2.24) is 30.9 Å². The Hall–Kier alpha value is -5.15. The summed E-state index contributed by atoms with van der Waals surface area (Å²) in [7, 11) is 0. The highest BCUT2D eigenvalue weighted by Crippen LogP contribution is 2.29. The van der Waals surface area contributed by atoms with Crippen molar-refractivity contribution in [2.75, 3.05) is 6.61 Å². The molecule has 2 aromatic heterocycles. The van der Waals surface area contributed by atoms with E-state index in [0.717, 1.165) is 22.5 Å². The highest BCUT2D eigenvalue weighted by molar-refractivity contribution is 5.98. The first-order valence-corrected chi connectivity index (χ1v) is 12.4. The van der Waals surface area contributed by atoms with E-state index in [4.69, 9.17) is 0 Å². The Balaban J connectivity index is 1.43. The number of nitrogens with one attached hydrogen (secondary N) is 3. The molecule has 1 unspecified atom stereocenters. The van der Waals surface area contributed by atoms with Crippen LogP contribution in [0.25, 0.3) is 22.3 Å². The van der Waals surface area contributed by atoms with Crippen molar-refractivity contribution in [2.45, 2.75) is 25.2 Å². The average molecular weight is 561 g/mol. The molecular formula is C29H23F3N6O3. The molecule has 5 aromatic rings. The van der Waals surface area contributed by atoms with Gasteiger partial charge in [0.05, 0.1) is 17.7 Å². The van der Waals surface area contributed by atoms with E-state index in [1.165, 1.54) is 12.1 Å². The molecule has 0 bridgehead atoms. The molecule has 208 valence electrons. The molecule has 0 aliphatic rings. The number of hydrogen-bond donors (Lipinski definition) is 4. The van der Waals surface area contributed by atoms with Crippen LogP contribution in [0.5, 0.6) is 5.75 Å². The number of carbonyl (C=O) groups is 1. The zero-order valence-electron chi connectivity index (χ0n) is 21.6. The van der Waals surface area contributed by atoms with Gasteiger partial charge in [-0.2, -0.15) is 0 Å². The van der Waals surface area contributed by atoms with E-state index >= 15 is 0 Å². The summed E-state index contributed by atoms with van der Waals surface area (Å²) < 4.78 is 43.7. The SMILES string of the molecule is CC(CO)(Cc1c[nH]c2ccccc12)NC(=O)c1cc(C#Cc2cccc(-c3nnn[nH]3)c2)ccc1OC(F)(F)F. The van der Waals surface area contributed by atoms with Crippen molar-refractivity contribution >= 4 is 16.8 Å². The maximum Gasteiger partial charge on any atom is 0.573 e. The molecule has 0 aliphatic heterocycles. The summed E-state index contributed by atoms with van der Waals surface area (Å²) in [5.41, 5.74) is 1.68. The number of fused-ring (bicyclic) bond motifs is 1. The lowest BCUT2D eigenvalue weighted by Gasteiger charge is -2.29. The van der Waals surface area contributed by atoms with Crippen molar-refractivity contribution in [3.8, 4) is 29.0 Å². The number of amides is 1. The lowest BCUT2D eigenvalue weighted by Crippen LogP contribution is -2.50. The summed E-state index contributed by atoms with van der Waals surface area (Å²) in [6.07, 6.45) is -3.04. The summed E-state index contributed by atoms with van der Waals surface area (Å²) >= 11 is 0. The van der Waals surface area contributed by atoms with Crippen LogP contribution in [0.4, 0.5) is 13.2 Å². The van der Waals surface area contributed by atoms with E-state index in [2.05, 4.69) is 47.5 Å². The first-order valence-electron chi connectivity index (χ1n) is 12.4. The number of alkyl halides is 3. The van der Waals surface area contributed by atoms with Crippen LogP contribution >= 0.6 is 0 Å². The molecule has 1 amide bonds. The molecule has 5 rings (SSSR count). The van der Waals surface area contributed by atoms with Gasteiger partial charge in [0, 0.05) is 33.8 Å². The number of carbonyl (C=O) groups excluding carboxylic acids is 1. The van der Waals surface area contributed by atoms with Gasteiger partial charge in [-0.1, -0.05) is 42.2 Å². The van der Waals surface area contributed by atoms with Crippen LogP contribution in [0.15, 0.2) is 72.9 Å². The largest absolute Gasteiger partial charge is 0.573 e. The molecule has 0 aliphatic carbocycles. The number of halogens is 3. The molecule has 0 spiro atoms. The molecule has 41 heavy (non-hydrogen) atoms. The van der Waals surface area contributed by atoms with E-state index in [1.54, 1.807) is 37.4 Å². The van der Waals surface area contributed by atoms with E-state index < -0.39 is 30.2 Å². The minimum atomic E-state index is -5.03. The number of aromatic amines is 2. The highest BCUT2D eigenvalue weighted by Gasteiger charge is 2.34. The third-order valence-corrected chi connectivity index (χ3v) is 6.30. The Bertz CT molecular complexity index is 1760. The fraction of sp³-hybridized carbons (Fsp3) is 0.172. The molecule has 9 nitrogen and oxygen atoms in total. The Morgan fingerprint density at radius 2 is 1.83 bits per heavy atom. The minimum Gasteiger partial charge on any atom is -0.405 e. The van der Waals surface area contributed by atoms with E-state index in [-0.39, 0.29) is 17.5 Å². The smallest absolute Gasteiger partial charge is 0.405 e. The number of aliphatic hydroxyl groups excluding tert-OH is 1. The van der Waals surface area contributed by atoms with Crippen LogP contribution < -0.4 is 10.1 Å². The van der Waals surface area contributed by atoms with Gasteiger partial charge in [-0.05, 0) is 65.7 Å². The lowest BCUT2D eigenvalue weighted by atomic mass is 9.92. The normalized spacial score (nSPS) is 12.8. The minimum absolute atomic E-state index is 0.214. The topological polar surface area (TPSA) is 129 Å². The number of tetrazole rings is 1. The Morgan fingerprint density at radius 3 is 2.56 bits per heavy atom. The van der Waals surface area contributed by atoms with Crippen LogP contribution in [0, 0.1) is 11.8 Å². The van der Waals surface area contributed by atoms with Gasteiger partial charge < -0.3 is 20.1 Å². The van der Waals surface area contributed by atoms with Crippen LogP contribution in [0.2, 0.25) is 0 Å². The van der Waals surface area contributed by atoms with Crippen LogP contribution in [-0.4, -0.2) is 55.1 Å². The predicted molar refractivity (Wildman–Crippen MR) is 144 cm³/mol. The molecule has 4 N–H and O–H groups in total. The summed E-state index contributed by atoms with van der Waals surface area (Å²) in [5, 5.41) is 27.4. The molecule has 12 heteroatoms. The predicted octanol–water partition coefficient (Wildman–Crippen LogP) is 4.37. The number of benzene rings is 3. The maximum atomic E-state index is 13.4. The number of H-pyrrole nitrogens is 2. The molecule has 0 fully saturated rings. The van der Waals surface area contributed by atoms with Gasteiger partial charge in [-0.3, -0.25) is 4.79 Å².